The average molecular weight is 460 g/mol. The summed E-state index contributed by atoms with van der Waals surface area (Å²) in [7, 11) is 1.86. The minimum atomic E-state index is -0.440. The van der Waals surface area contributed by atoms with Crippen molar-refractivity contribution >= 4 is 23.1 Å². The van der Waals surface area contributed by atoms with Crippen molar-refractivity contribution < 1.29 is 9.53 Å². The van der Waals surface area contributed by atoms with Crippen LogP contribution in [0.15, 0.2) is 30.5 Å². The third-order valence-electron chi connectivity index (χ3n) is 6.75. The number of nitrogens with one attached hydrogen (secondary N) is 1. The molecule has 9 nitrogen and oxygen atoms in total. The summed E-state index contributed by atoms with van der Waals surface area (Å²) in [5, 5.41) is 17.1. The number of aryl methyl sites for hydroxylation is 2. The van der Waals surface area contributed by atoms with Gasteiger partial charge >= 0.3 is 0 Å². The van der Waals surface area contributed by atoms with Gasteiger partial charge < -0.3 is 19.9 Å². The summed E-state index contributed by atoms with van der Waals surface area (Å²) in [5.74, 6) is 0.839. The number of fused-ring (bicyclic) bond motifs is 1. The van der Waals surface area contributed by atoms with Gasteiger partial charge in [-0.15, -0.1) is 0 Å². The lowest BCUT2D eigenvalue weighted by Crippen LogP contribution is -2.39. The number of amides is 1. The lowest BCUT2D eigenvalue weighted by Gasteiger charge is -2.35. The summed E-state index contributed by atoms with van der Waals surface area (Å²) in [5.41, 5.74) is 5.15. The first-order valence-corrected chi connectivity index (χ1v) is 11.7. The second-order valence-corrected chi connectivity index (χ2v) is 9.05. The van der Waals surface area contributed by atoms with Gasteiger partial charge in [0.25, 0.3) is 5.91 Å². The minimum absolute atomic E-state index is 0.0398. The Morgan fingerprint density at radius 2 is 2.09 bits per heavy atom. The largest absolute Gasteiger partial charge is 0.388 e. The molecule has 0 aliphatic carbocycles. The van der Waals surface area contributed by atoms with Crippen molar-refractivity contribution in [3.8, 4) is 6.07 Å². The van der Waals surface area contributed by atoms with E-state index in [1.165, 1.54) is 0 Å². The Bertz CT molecular complexity index is 1280. The molecular formula is C25H29N7O2. The third-order valence-corrected chi connectivity index (χ3v) is 6.75. The highest BCUT2D eigenvalue weighted by Gasteiger charge is 2.32. The molecule has 2 aromatic heterocycles. The second kappa shape index (κ2) is 8.95. The van der Waals surface area contributed by atoms with E-state index in [4.69, 9.17) is 20.1 Å². The Balaban J connectivity index is 1.47. The predicted molar refractivity (Wildman–Crippen MR) is 129 cm³/mol. The maximum atomic E-state index is 13.6. The number of nitriles is 1. The van der Waals surface area contributed by atoms with Crippen LogP contribution in [0.4, 0.5) is 11.5 Å². The number of likely N-dealkylation sites (tertiary alicyclic amines) is 1. The van der Waals surface area contributed by atoms with E-state index in [1.807, 2.05) is 61.2 Å². The van der Waals surface area contributed by atoms with E-state index in [-0.39, 0.29) is 11.9 Å². The molecule has 1 amide bonds. The first-order chi connectivity index (χ1) is 16.5. The van der Waals surface area contributed by atoms with Crippen LogP contribution >= 0.6 is 0 Å². The van der Waals surface area contributed by atoms with Crippen LogP contribution in [-0.2, 0) is 4.74 Å². The third kappa shape index (κ3) is 3.94. The Kier molecular flexibility index (Phi) is 5.84. The quantitative estimate of drug-likeness (QED) is 0.638. The maximum absolute atomic E-state index is 13.6. The SMILES string of the molecule is CNc1ccc(C)c(C(=O)N2CCCC[C@H]2c2cc3nc(N4COC(C#N)C4)c(C)cn3n2)c1. The second-order valence-electron chi connectivity index (χ2n) is 9.05. The van der Waals surface area contributed by atoms with Gasteiger partial charge in [0.15, 0.2) is 11.8 Å². The molecule has 0 radical (unpaired) electrons. The normalized spacial score (nSPS) is 20.5. The lowest BCUT2D eigenvalue weighted by atomic mass is 9.97. The van der Waals surface area contributed by atoms with E-state index in [2.05, 4.69) is 11.4 Å². The van der Waals surface area contributed by atoms with Crippen molar-refractivity contribution in [1.29, 1.82) is 5.26 Å². The molecule has 2 aliphatic rings. The van der Waals surface area contributed by atoms with E-state index in [1.54, 1.807) is 4.52 Å². The zero-order valence-electron chi connectivity index (χ0n) is 19.8. The van der Waals surface area contributed by atoms with Crippen LogP contribution < -0.4 is 10.2 Å². The molecule has 2 atom stereocenters. The monoisotopic (exact) mass is 459 g/mol. The van der Waals surface area contributed by atoms with Crippen molar-refractivity contribution in [3.05, 3.63) is 52.8 Å². The van der Waals surface area contributed by atoms with Crippen molar-refractivity contribution in [3.63, 3.8) is 0 Å². The van der Waals surface area contributed by atoms with Crippen LogP contribution in [0.3, 0.4) is 0 Å². The fraction of sp³-hybridized carbons (Fsp3) is 0.440. The number of piperidine rings is 1. The first kappa shape index (κ1) is 22.2. The van der Waals surface area contributed by atoms with Gasteiger partial charge in [-0.1, -0.05) is 6.07 Å². The van der Waals surface area contributed by atoms with Crippen LogP contribution in [0.1, 0.15) is 52.5 Å². The van der Waals surface area contributed by atoms with Crippen LogP contribution in [0.25, 0.3) is 5.65 Å². The van der Waals surface area contributed by atoms with Crippen LogP contribution in [0.5, 0.6) is 0 Å². The van der Waals surface area contributed by atoms with Gasteiger partial charge in [0.1, 0.15) is 12.5 Å². The number of benzene rings is 1. The predicted octanol–water partition coefficient (Wildman–Crippen LogP) is 3.44. The van der Waals surface area contributed by atoms with E-state index in [9.17, 15) is 4.79 Å². The molecule has 0 bridgehead atoms. The van der Waals surface area contributed by atoms with E-state index < -0.39 is 6.10 Å². The lowest BCUT2D eigenvalue weighted by molar-refractivity contribution is 0.0605. The minimum Gasteiger partial charge on any atom is -0.388 e. The molecule has 1 aromatic carbocycles. The van der Waals surface area contributed by atoms with E-state index in [0.717, 1.165) is 58.8 Å². The van der Waals surface area contributed by atoms with Gasteiger partial charge in [0, 0.05) is 42.7 Å². The fourth-order valence-electron chi connectivity index (χ4n) is 4.86. The number of hydrogen-bond acceptors (Lipinski definition) is 7. The number of anilines is 2. The molecule has 1 N–H and O–H groups in total. The van der Waals surface area contributed by atoms with Crippen molar-refractivity contribution in [2.75, 3.05) is 37.1 Å². The number of hydrogen-bond donors (Lipinski definition) is 1. The molecule has 3 aromatic rings. The standard InChI is InChI=1S/C25H29N7O2/c1-16-7-8-18(27-3)10-20(16)25(33)31-9-5-4-6-22(31)21-11-23-28-24(17(2)13-32(23)29-21)30-14-19(12-26)34-15-30/h7-8,10-11,13,19,22,27H,4-6,9,14-15H2,1-3H3/t19?,22-/m0/s1. The zero-order chi connectivity index (χ0) is 23.8. The maximum Gasteiger partial charge on any atom is 0.254 e. The van der Waals surface area contributed by atoms with Gasteiger partial charge in [0.05, 0.1) is 24.3 Å². The Labute approximate surface area is 198 Å². The summed E-state index contributed by atoms with van der Waals surface area (Å²) in [4.78, 5) is 22.4. The average Bonchev–Trinajstić information content (AvgIpc) is 3.50. The van der Waals surface area contributed by atoms with Gasteiger partial charge in [-0.3, -0.25) is 4.79 Å². The van der Waals surface area contributed by atoms with Gasteiger partial charge in [0.2, 0.25) is 0 Å². The van der Waals surface area contributed by atoms with Crippen LogP contribution in [-0.4, -0.2) is 58.4 Å². The van der Waals surface area contributed by atoms with Crippen LogP contribution in [0.2, 0.25) is 0 Å². The van der Waals surface area contributed by atoms with Crippen molar-refractivity contribution in [1.82, 2.24) is 19.5 Å². The topological polar surface area (TPSA) is 98.8 Å². The van der Waals surface area contributed by atoms with Crippen molar-refractivity contribution in [2.24, 2.45) is 0 Å². The Hall–Kier alpha value is -3.64. The molecule has 34 heavy (non-hydrogen) atoms. The summed E-state index contributed by atoms with van der Waals surface area (Å²) < 4.78 is 7.29. The first-order valence-electron chi connectivity index (χ1n) is 11.7. The van der Waals surface area contributed by atoms with Crippen LogP contribution in [0, 0.1) is 25.2 Å². The molecule has 2 fully saturated rings. The zero-order valence-corrected chi connectivity index (χ0v) is 19.8. The number of nitrogens with zero attached hydrogens (tertiary/aromatic N) is 6. The van der Waals surface area contributed by atoms with Gasteiger partial charge in [-0.2, -0.15) is 10.4 Å². The molecule has 2 saturated heterocycles. The smallest absolute Gasteiger partial charge is 0.254 e. The van der Waals surface area contributed by atoms with E-state index >= 15 is 0 Å². The van der Waals surface area contributed by atoms with Gasteiger partial charge in [-0.05, 0) is 50.8 Å². The Morgan fingerprint density at radius 1 is 1.24 bits per heavy atom. The van der Waals surface area contributed by atoms with Crippen molar-refractivity contribution in [2.45, 2.75) is 45.3 Å². The molecule has 2 aliphatic heterocycles. The summed E-state index contributed by atoms with van der Waals surface area (Å²) in [6.07, 6.45) is 4.42. The number of carbonyl (C=O) groups is 1. The molecular weight excluding hydrogens is 430 g/mol. The number of aromatic nitrogens is 3. The number of ether oxygens (including phenoxy) is 1. The Morgan fingerprint density at radius 3 is 2.85 bits per heavy atom. The summed E-state index contributed by atoms with van der Waals surface area (Å²) >= 11 is 0. The fourth-order valence-corrected chi connectivity index (χ4v) is 4.86. The molecule has 176 valence electrons. The molecule has 1 unspecified atom stereocenters. The summed E-state index contributed by atoms with van der Waals surface area (Å²) in [6.45, 7) is 5.51. The highest BCUT2D eigenvalue weighted by atomic mass is 16.5. The molecule has 5 rings (SSSR count). The summed E-state index contributed by atoms with van der Waals surface area (Å²) in [6, 6.07) is 9.94. The highest BCUT2D eigenvalue weighted by molar-refractivity contribution is 5.97. The molecule has 0 spiro atoms. The molecule has 9 heteroatoms. The van der Waals surface area contributed by atoms with Gasteiger partial charge in [-0.25, -0.2) is 9.50 Å². The number of rotatable bonds is 4. The number of carbonyl (C=O) groups excluding carboxylic acids is 1. The van der Waals surface area contributed by atoms with E-state index in [0.29, 0.717) is 19.8 Å². The highest BCUT2D eigenvalue weighted by Crippen LogP contribution is 2.33. The molecule has 4 heterocycles. The molecule has 0 saturated carbocycles.